The van der Waals surface area contributed by atoms with Crippen LogP contribution in [0, 0.1) is 0 Å². The first-order valence-corrected chi connectivity index (χ1v) is 7.21. The van der Waals surface area contributed by atoms with Crippen LogP contribution >= 0.6 is 27.5 Å². The van der Waals surface area contributed by atoms with Crippen LogP contribution in [0.3, 0.4) is 0 Å². The highest BCUT2D eigenvalue weighted by Gasteiger charge is 2.31. The molecule has 1 heterocycles. The summed E-state index contributed by atoms with van der Waals surface area (Å²) in [6, 6.07) is 8.27. The molecule has 1 N–H and O–H groups in total. The van der Waals surface area contributed by atoms with Crippen LogP contribution in [0.5, 0.6) is 0 Å². The molecule has 0 bridgehead atoms. The molecule has 0 saturated carbocycles. The van der Waals surface area contributed by atoms with Gasteiger partial charge >= 0.3 is 0 Å². The number of nitrogens with one attached hydrogen (secondary N) is 1. The van der Waals surface area contributed by atoms with Crippen molar-refractivity contribution in [2.75, 3.05) is 19.1 Å². The topological polar surface area (TPSA) is 21.3 Å². The Bertz CT molecular complexity index is 366. The number of benzene rings is 1. The fourth-order valence-electron chi connectivity index (χ4n) is 2.04. The van der Waals surface area contributed by atoms with Crippen LogP contribution in [0.1, 0.15) is 18.4 Å². The van der Waals surface area contributed by atoms with E-state index in [-0.39, 0.29) is 5.54 Å². The normalized spacial score (nSPS) is 19.2. The Morgan fingerprint density at radius 3 is 2.65 bits per heavy atom. The first-order valence-electron chi connectivity index (χ1n) is 5.88. The van der Waals surface area contributed by atoms with Crippen molar-refractivity contribution >= 4 is 27.5 Å². The number of rotatable bonds is 4. The number of ether oxygens (including phenoxy) is 1. The molecule has 94 valence electrons. The van der Waals surface area contributed by atoms with E-state index in [1.165, 1.54) is 5.56 Å². The van der Waals surface area contributed by atoms with Crippen LogP contribution in [0.4, 0.5) is 0 Å². The molecular formula is C13H17BrClNO. The van der Waals surface area contributed by atoms with E-state index in [1.807, 2.05) is 6.07 Å². The Hall–Kier alpha value is -0.0900. The number of halogens is 2. The van der Waals surface area contributed by atoms with Crippen LogP contribution in [0.2, 0.25) is 0 Å². The Balaban J connectivity index is 1.98. The van der Waals surface area contributed by atoms with Crippen molar-refractivity contribution in [2.24, 2.45) is 0 Å². The van der Waals surface area contributed by atoms with E-state index in [9.17, 15) is 0 Å². The van der Waals surface area contributed by atoms with E-state index < -0.39 is 0 Å². The summed E-state index contributed by atoms with van der Waals surface area (Å²) in [5.41, 5.74) is 1.30. The van der Waals surface area contributed by atoms with Gasteiger partial charge in [0.05, 0.1) is 0 Å². The molecule has 0 aromatic heterocycles. The van der Waals surface area contributed by atoms with Gasteiger partial charge in [-0.1, -0.05) is 34.1 Å². The fourth-order valence-corrected chi connectivity index (χ4v) is 2.83. The molecule has 1 aliphatic rings. The van der Waals surface area contributed by atoms with Crippen molar-refractivity contribution in [2.45, 2.75) is 24.9 Å². The molecule has 1 aromatic rings. The first-order chi connectivity index (χ1) is 8.26. The molecule has 0 atom stereocenters. The van der Waals surface area contributed by atoms with Gasteiger partial charge in [-0.2, -0.15) is 0 Å². The quantitative estimate of drug-likeness (QED) is 0.860. The van der Waals surface area contributed by atoms with Gasteiger partial charge in [0.1, 0.15) is 0 Å². The maximum Gasteiger partial charge on any atom is 0.0484 e. The van der Waals surface area contributed by atoms with Gasteiger partial charge in [0.25, 0.3) is 0 Å². The summed E-state index contributed by atoms with van der Waals surface area (Å²) in [6.07, 6.45) is 1.97. The lowest BCUT2D eigenvalue weighted by atomic mass is 9.92. The molecule has 2 rings (SSSR count). The Labute approximate surface area is 116 Å². The largest absolute Gasteiger partial charge is 0.381 e. The lowest BCUT2D eigenvalue weighted by molar-refractivity contribution is 0.0459. The molecule has 1 aromatic carbocycles. The highest BCUT2D eigenvalue weighted by molar-refractivity contribution is 9.10. The standard InChI is InChI=1S/C13H17BrClNO/c14-12-4-2-1-3-11(12)9-16-13(10-15)5-7-17-8-6-13/h1-4,16H,5-10H2. The molecule has 0 aliphatic carbocycles. The van der Waals surface area contributed by atoms with Crippen LogP contribution < -0.4 is 5.32 Å². The highest BCUT2D eigenvalue weighted by Crippen LogP contribution is 2.24. The van der Waals surface area contributed by atoms with Gasteiger partial charge in [0.2, 0.25) is 0 Å². The average Bonchev–Trinajstić information content (AvgIpc) is 2.39. The van der Waals surface area contributed by atoms with Crippen molar-refractivity contribution in [1.82, 2.24) is 5.32 Å². The molecule has 0 unspecified atom stereocenters. The van der Waals surface area contributed by atoms with Gasteiger partial charge in [-0.05, 0) is 24.5 Å². The molecule has 4 heteroatoms. The van der Waals surface area contributed by atoms with Crippen molar-refractivity contribution in [3.05, 3.63) is 34.3 Å². The summed E-state index contributed by atoms with van der Waals surface area (Å²) in [5.74, 6) is 0.640. The van der Waals surface area contributed by atoms with Crippen LogP contribution in [-0.2, 0) is 11.3 Å². The van der Waals surface area contributed by atoms with Crippen LogP contribution in [0.25, 0.3) is 0 Å². The molecule has 0 radical (unpaired) electrons. The molecule has 1 saturated heterocycles. The number of hydrogen-bond donors (Lipinski definition) is 1. The van der Waals surface area contributed by atoms with Crippen LogP contribution in [-0.4, -0.2) is 24.6 Å². The Morgan fingerprint density at radius 2 is 2.00 bits per heavy atom. The van der Waals surface area contributed by atoms with E-state index in [0.29, 0.717) is 5.88 Å². The van der Waals surface area contributed by atoms with E-state index in [0.717, 1.165) is 37.1 Å². The highest BCUT2D eigenvalue weighted by atomic mass is 79.9. The first kappa shape index (κ1) is 13.3. The number of alkyl halides is 1. The molecule has 17 heavy (non-hydrogen) atoms. The van der Waals surface area contributed by atoms with Gasteiger partial charge in [0, 0.05) is 35.7 Å². The third kappa shape index (κ3) is 3.44. The monoisotopic (exact) mass is 317 g/mol. The minimum Gasteiger partial charge on any atom is -0.381 e. The minimum absolute atomic E-state index is 0.0368. The van der Waals surface area contributed by atoms with Crippen molar-refractivity contribution in [3.63, 3.8) is 0 Å². The van der Waals surface area contributed by atoms with Crippen molar-refractivity contribution < 1.29 is 4.74 Å². The zero-order valence-electron chi connectivity index (χ0n) is 9.72. The summed E-state index contributed by atoms with van der Waals surface area (Å²) in [6.45, 7) is 2.44. The lowest BCUT2D eigenvalue weighted by Crippen LogP contribution is -2.50. The molecule has 0 spiro atoms. The fraction of sp³-hybridized carbons (Fsp3) is 0.538. The van der Waals surface area contributed by atoms with Gasteiger partial charge in [-0.3, -0.25) is 0 Å². The van der Waals surface area contributed by atoms with Gasteiger partial charge < -0.3 is 10.1 Å². The second-order valence-corrected chi connectivity index (χ2v) is 5.59. The lowest BCUT2D eigenvalue weighted by Gasteiger charge is -2.36. The smallest absolute Gasteiger partial charge is 0.0484 e. The maximum atomic E-state index is 6.11. The Morgan fingerprint density at radius 1 is 1.29 bits per heavy atom. The van der Waals surface area contributed by atoms with Crippen molar-refractivity contribution in [3.8, 4) is 0 Å². The zero-order chi connectivity index (χ0) is 12.1. The van der Waals surface area contributed by atoms with E-state index in [1.54, 1.807) is 0 Å². The Kier molecular flexibility index (Phi) is 4.86. The van der Waals surface area contributed by atoms with Gasteiger partial charge in [-0.15, -0.1) is 11.6 Å². The third-order valence-electron chi connectivity index (χ3n) is 3.32. The molecule has 2 nitrogen and oxygen atoms in total. The van der Waals surface area contributed by atoms with Gasteiger partial charge in [-0.25, -0.2) is 0 Å². The predicted molar refractivity (Wildman–Crippen MR) is 74.5 cm³/mol. The summed E-state index contributed by atoms with van der Waals surface area (Å²) in [5, 5.41) is 3.60. The summed E-state index contributed by atoms with van der Waals surface area (Å²) in [7, 11) is 0. The van der Waals surface area contributed by atoms with Crippen molar-refractivity contribution in [1.29, 1.82) is 0 Å². The molecule has 1 fully saturated rings. The van der Waals surface area contributed by atoms with Gasteiger partial charge in [0.15, 0.2) is 0 Å². The molecular weight excluding hydrogens is 302 g/mol. The second-order valence-electron chi connectivity index (χ2n) is 4.47. The SMILES string of the molecule is ClCC1(NCc2ccccc2Br)CCOCC1. The van der Waals surface area contributed by atoms with E-state index in [2.05, 4.69) is 39.4 Å². The number of hydrogen-bond acceptors (Lipinski definition) is 2. The van der Waals surface area contributed by atoms with Crippen LogP contribution in [0.15, 0.2) is 28.7 Å². The maximum absolute atomic E-state index is 6.11. The third-order valence-corrected chi connectivity index (χ3v) is 4.60. The molecule has 1 aliphatic heterocycles. The second kappa shape index (κ2) is 6.19. The zero-order valence-corrected chi connectivity index (χ0v) is 12.1. The average molecular weight is 319 g/mol. The van der Waals surface area contributed by atoms with E-state index >= 15 is 0 Å². The van der Waals surface area contributed by atoms with E-state index in [4.69, 9.17) is 16.3 Å². The molecule has 0 amide bonds. The minimum atomic E-state index is 0.0368. The predicted octanol–water partition coefficient (Wildman–Crippen LogP) is 3.33. The summed E-state index contributed by atoms with van der Waals surface area (Å²) in [4.78, 5) is 0. The summed E-state index contributed by atoms with van der Waals surface area (Å²) >= 11 is 9.68. The summed E-state index contributed by atoms with van der Waals surface area (Å²) < 4.78 is 6.54.